The van der Waals surface area contributed by atoms with Crippen molar-refractivity contribution in [2.24, 2.45) is 104 Å². The summed E-state index contributed by atoms with van der Waals surface area (Å²) in [5, 5.41) is 39.4. The van der Waals surface area contributed by atoms with Crippen LogP contribution in [0.4, 0.5) is 0 Å². The molecule has 0 aromatic heterocycles. The zero-order chi connectivity index (χ0) is 93.9. The minimum atomic E-state index is -0.858. The van der Waals surface area contributed by atoms with Crippen LogP contribution in [-0.4, -0.2) is 94.4 Å². The first-order valence-electron chi connectivity index (χ1n) is 53.9. The van der Waals surface area contributed by atoms with Gasteiger partial charge in [0, 0.05) is 70.1 Å². The molecule has 5 aliphatic heterocycles. The van der Waals surface area contributed by atoms with Crippen molar-refractivity contribution < 1.29 is 72.3 Å². The second-order valence-electron chi connectivity index (χ2n) is 47.7. The van der Waals surface area contributed by atoms with Crippen molar-refractivity contribution in [3.05, 3.63) is 171 Å². The third-order valence-electron chi connectivity index (χ3n) is 42.6. The van der Waals surface area contributed by atoms with Gasteiger partial charge in [-0.1, -0.05) is 91.0 Å². The summed E-state index contributed by atoms with van der Waals surface area (Å²) in [5.74, 6) is 12.6. The number of benzene rings is 5. The molecule has 5 aromatic carbocycles. The van der Waals surface area contributed by atoms with Gasteiger partial charge >= 0.3 is 29.8 Å². The second-order valence-corrected chi connectivity index (χ2v) is 48.4. The molecule has 10 saturated carbocycles. The number of aryl methyl sites for hydroxylation is 5. The van der Waals surface area contributed by atoms with Crippen molar-refractivity contribution in [1.82, 2.24) is 0 Å². The molecule has 23 unspecified atom stereocenters. The number of carbonyl (C=O) groups excluding carboxylic acids is 5. The molecule has 0 amide bonds. The lowest BCUT2D eigenvalue weighted by atomic mass is 9.52. The summed E-state index contributed by atoms with van der Waals surface area (Å²) in [6, 6.07) is 30.4. The molecule has 15 aliphatic carbocycles. The molecule has 133 heavy (non-hydrogen) atoms. The molecule has 4 saturated heterocycles. The fraction of sp³-hybridized carbons (Fsp3) is 0.664. The molecule has 17 heteroatoms. The van der Waals surface area contributed by atoms with Crippen LogP contribution in [0.25, 0.3) is 0 Å². The molecule has 20 aliphatic rings. The van der Waals surface area contributed by atoms with Crippen molar-refractivity contribution in [2.45, 2.75) is 369 Å². The van der Waals surface area contributed by atoms with E-state index in [1.807, 2.05) is 67.6 Å². The third-order valence-corrected chi connectivity index (χ3v) is 43.1. The lowest BCUT2D eigenvalue weighted by molar-refractivity contribution is -0.198. The van der Waals surface area contributed by atoms with Crippen molar-refractivity contribution in [2.75, 3.05) is 5.65 Å². The Morgan fingerprint density at radius 3 is 1.20 bits per heavy atom. The van der Waals surface area contributed by atoms with E-state index in [0.29, 0.717) is 136 Å². The van der Waals surface area contributed by atoms with E-state index in [9.17, 15) is 44.4 Å². The van der Waals surface area contributed by atoms with E-state index in [1.165, 1.54) is 164 Å². The summed E-state index contributed by atoms with van der Waals surface area (Å²) in [6.07, 6.45) is 49.5. The SMILES string of the molecule is C=CCC1CC[C@@]2(CCC3C4CCc5cc(O)ccc5C4CCC32C)OC1=O.CC12CCC3c4ccc(O)cc4CCC3C1CC[C@@]21CC=CC(=O)O1.CC1CC(=O)O[C@]2(CCC3C4CCc5cc(O)ccc5C4CCC32C)C1.CC1CC[C@@]2(CCC3C4CCc5cc(O)ccc5C4CCC32C)OC1=O.[2H]B([3H])CSOc1ccc2c(c1)CCC1C2CCC2(C)C1CC[C@@]21CCCC(=O)O1. The van der Waals surface area contributed by atoms with Gasteiger partial charge in [0.1, 0.15) is 64.5 Å². The van der Waals surface area contributed by atoms with Crippen molar-refractivity contribution in [3.8, 4) is 28.7 Å². The largest absolute Gasteiger partial charge is 0.508 e. The lowest BCUT2D eigenvalue weighted by Crippen LogP contribution is -2.55. The fourth-order valence-electron chi connectivity index (χ4n) is 36.0. The molecule has 28 atom stereocenters. The topological polar surface area (TPSA) is 222 Å². The molecule has 14 fully saturated rings. The molecule has 15 nitrogen and oxygen atoms in total. The summed E-state index contributed by atoms with van der Waals surface area (Å²) in [4.78, 5) is 61.6. The molecule has 712 valence electrons. The van der Waals surface area contributed by atoms with E-state index < -0.39 is 7.77 Å². The smallest absolute Gasteiger partial charge is 0.331 e. The number of ether oxygens (including phenoxy) is 5. The molecular formula is C116H149BO15S. The van der Waals surface area contributed by atoms with Gasteiger partial charge in [0.15, 0.2) is 0 Å². The maximum atomic E-state index is 12.7. The Hall–Kier alpha value is -7.66. The predicted molar refractivity (Wildman–Crippen MR) is 520 cm³/mol. The van der Waals surface area contributed by atoms with Crippen LogP contribution >= 0.6 is 12.0 Å². The number of allylic oxidation sites excluding steroid dienone is 1. The molecule has 4 N–H and O–H groups in total. The second kappa shape index (κ2) is 34.7. The van der Waals surface area contributed by atoms with Crippen LogP contribution in [0, 0.1) is 104 Å². The van der Waals surface area contributed by atoms with Crippen LogP contribution < -0.4 is 4.18 Å². The molecule has 5 aromatic rings. The zero-order valence-corrected chi connectivity index (χ0v) is 81.3. The monoisotopic (exact) mass is 1830 g/mol. The molecule has 5 spiro atoms. The highest BCUT2D eigenvalue weighted by atomic mass is 32.2. The Morgan fingerprint density at radius 1 is 0.429 bits per heavy atom. The maximum Gasteiger partial charge on any atom is 0.331 e. The van der Waals surface area contributed by atoms with Gasteiger partial charge in [-0.05, 0) is 458 Å². The number of fused-ring (bicyclic) bond motifs is 30. The Labute approximate surface area is 798 Å². The highest BCUT2D eigenvalue weighted by Crippen LogP contribution is 2.74. The number of hydrogen-bond acceptors (Lipinski definition) is 16. The Balaban J connectivity index is 0.000000101. The standard InChI is InChI=1S/C25H32O3.C23H31BO3S.2C23H30O3.C22H26O3/c1-3-4-16-9-13-25(28-23(16)27)14-11-22-21-7-5-17-15-18(26)6-8-19(17)20(21)10-12-24(22,25)2;1-22-11-8-18-17-7-5-16(27-28-14-24)13-15(17)4-6-19(18)20(22)9-12-23(22)10-2-3-21(25)26-23;1-14-7-11-23(26-21(14)25)12-9-20-19-5-3-15-13-16(24)4-6-17(15)18(19)8-10-22(20,23)2;1-14-11-21(25)26-23(13-14)10-8-20-19-5-3-15-12-16(24)4-6-17(15)18(19)7-9-22(20,23)2;1-21-11-8-17-16-7-5-15(23)13-14(16)4-6-18(17)19(21)9-12-22(21)10-2-3-20(24)25-22/h3,6,8,15-16,20-22,26H,1,4-5,7,9-14H2,2H3;5,7,13,18-20H,2-4,6,8-12,14,24H2,1H3;4,6,13-14,18-20,24H,3,5,7-12H2,1-2H3;4,6,12,14,18-20,24H,3,5,7-11,13H2,1-2H3;2-3,5,7,13,17-19,23H,4,6,8-12H2,1H3/t16?,20?,21?,22?,24?,25-;18?,19?,20?,22?,23-;2*14?,18?,19?,20?,22?,23-;17?,18?,19?,21?,22-/m00010/s1/i;24TD;;;. The Morgan fingerprint density at radius 2 is 0.797 bits per heavy atom. The van der Waals surface area contributed by atoms with Gasteiger partial charge in [0.05, 0.1) is 11.8 Å². The van der Waals surface area contributed by atoms with Gasteiger partial charge in [0.25, 0.3) is 0 Å². The van der Waals surface area contributed by atoms with Crippen LogP contribution in [0.15, 0.2) is 116 Å². The number of aromatic hydroxyl groups is 4. The van der Waals surface area contributed by atoms with E-state index in [0.717, 1.165) is 160 Å². The van der Waals surface area contributed by atoms with Crippen LogP contribution in [0.1, 0.15) is 365 Å². The van der Waals surface area contributed by atoms with E-state index in [1.54, 1.807) is 6.08 Å². The minimum absolute atomic E-state index is 0.0105. The summed E-state index contributed by atoms with van der Waals surface area (Å²) in [6.45, 7) is 20.1. The first-order valence-corrected chi connectivity index (χ1v) is 53.6. The van der Waals surface area contributed by atoms with Gasteiger partial charge in [-0.15, -0.1) is 6.58 Å². The predicted octanol–water partition coefficient (Wildman–Crippen LogP) is 24.6. The lowest BCUT2D eigenvalue weighted by Gasteiger charge is -2.55. The first-order chi connectivity index (χ1) is 64.8. The Bertz CT molecular complexity index is 5460. The molecule has 0 radical (unpaired) electrons. The number of esters is 5. The number of hydrogen-bond donors (Lipinski definition) is 4. The highest BCUT2D eigenvalue weighted by molar-refractivity contribution is 7.96. The first kappa shape index (κ1) is 89.3. The normalized spacial score (nSPS) is 42.3. The van der Waals surface area contributed by atoms with Gasteiger partial charge in [-0.25, -0.2) is 4.79 Å². The average molecular weight is 1830 g/mol. The van der Waals surface area contributed by atoms with Crippen LogP contribution in [-0.2, 0) is 79.8 Å². The zero-order valence-electron chi connectivity index (χ0n) is 82.5. The van der Waals surface area contributed by atoms with E-state index >= 15 is 0 Å². The van der Waals surface area contributed by atoms with Gasteiger partial charge in [-0.3, -0.25) is 19.2 Å². The molecule has 25 rings (SSSR count). The highest BCUT2D eigenvalue weighted by Gasteiger charge is 2.71. The number of phenols is 4. The maximum absolute atomic E-state index is 12.7. The third kappa shape index (κ3) is 15.0. The molecule has 0 bridgehead atoms. The van der Waals surface area contributed by atoms with Crippen LogP contribution in [0.2, 0.25) is 0 Å². The van der Waals surface area contributed by atoms with Crippen molar-refractivity contribution in [1.29, 1.82) is 2.67 Å². The summed E-state index contributed by atoms with van der Waals surface area (Å²) in [7, 11) is -0.858. The van der Waals surface area contributed by atoms with Crippen LogP contribution in [0.5, 0.6) is 28.7 Å². The average Bonchev–Trinajstić information content (AvgIpc) is 1.78. The van der Waals surface area contributed by atoms with Crippen molar-refractivity contribution in [3.63, 3.8) is 0 Å². The van der Waals surface area contributed by atoms with Gasteiger partial charge < -0.3 is 48.3 Å². The number of rotatable bonds is 6. The Kier molecular flexibility index (Phi) is 23.3. The number of phenolic OH excluding ortho intramolecular Hbond substituents is 4. The van der Waals surface area contributed by atoms with Crippen LogP contribution in [0.3, 0.4) is 0 Å². The molecule has 5 heterocycles. The summed E-state index contributed by atoms with van der Waals surface area (Å²) in [5.41, 5.74) is 13.9. The summed E-state index contributed by atoms with van der Waals surface area (Å²) >= 11 is 1.20. The van der Waals surface area contributed by atoms with Gasteiger partial charge in [0.2, 0.25) is 0 Å². The quantitative estimate of drug-likeness (QED) is 0.0408. The molecular weight excluding hydrogens is 1680 g/mol. The number of carbonyl (C=O) groups is 5. The van der Waals surface area contributed by atoms with Crippen molar-refractivity contribution >= 4 is 49.7 Å². The van der Waals surface area contributed by atoms with E-state index in [4.69, 9.17) is 30.5 Å². The minimum Gasteiger partial charge on any atom is -0.508 e. The van der Waals surface area contributed by atoms with Gasteiger partial charge in [-0.2, -0.15) is 0 Å². The summed E-state index contributed by atoms with van der Waals surface area (Å²) < 4.78 is 51.2. The van der Waals surface area contributed by atoms with E-state index in [2.05, 4.69) is 90.6 Å². The fourth-order valence-corrected chi connectivity index (χ4v) is 36.4. The van der Waals surface area contributed by atoms with E-state index in [-0.39, 0.29) is 96.8 Å².